The topological polar surface area (TPSA) is 83.8 Å². The first-order valence-electron chi connectivity index (χ1n) is 10.2. The molecule has 1 atom stereocenters. The normalized spacial score (nSPS) is 15.2. The quantitative estimate of drug-likeness (QED) is 0.502. The van der Waals surface area contributed by atoms with E-state index in [-0.39, 0.29) is 11.6 Å². The monoisotopic (exact) mass is 418 g/mol. The predicted molar refractivity (Wildman–Crippen MR) is 116 cm³/mol. The zero-order chi connectivity index (χ0) is 21.7. The van der Waals surface area contributed by atoms with Gasteiger partial charge in [0.1, 0.15) is 11.9 Å². The number of ether oxygens (including phenoxy) is 1. The molecule has 4 aromatic rings. The van der Waals surface area contributed by atoms with Crippen molar-refractivity contribution in [2.75, 3.05) is 5.73 Å². The van der Waals surface area contributed by atoms with Crippen molar-refractivity contribution in [3.63, 3.8) is 0 Å². The summed E-state index contributed by atoms with van der Waals surface area (Å²) >= 11 is 0. The molecule has 0 spiro atoms. The molecule has 158 valence electrons. The Balaban J connectivity index is 1.81. The van der Waals surface area contributed by atoms with Gasteiger partial charge < -0.3 is 15.0 Å². The van der Waals surface area contributed by atoms with Crippen molar-refractivity contribution >= 4 is 5.82 Å². The van der Waals surface area contributed by atoms with Crippen LogP contribution in [0.25, 0.3) is 22.5 Å². The lowest BCUT2D eigenvalue weighted by Crippen LogP contribution is -2.10. The predicted octanol–water partition coefficient (Wildman–Crippen LogP) is 4.13. The molecule has 3 aromatic heterocycles. The van der Waals surface area contributed by atoms with Crippen LogP contribution in [0.4, 0.5) is 10.2 Å². The van der Waals surface area contributed by atoms with Gasteiger partial charge in [0, 0.05) is 41.7 Å². The largest absolute Gasteiger partial charge is 0.482 e. The molecule has 4 heterocycles. The maximum atomic E-state index is 14.2. The number of hydrogen-bond donors (Lipinski definition) is 1. The molecule has 2 N–H and O–H groups in total. The van der Waals surface area contributed by atoms with Gasteiger partial charge in [0.2, 0.25) is 0 Å². The summed E-state index contributed by atoms with van der Waals surface area (Å²) in [6, 6.07) is 6.59. The highest BCUT2D eigenvalue weighted by molar-refractivity contribution is 5.70. The van der Waals surface area contributed by atoms with Crippen molar-refractivity contribution in [1.82, 2.24) is 24.3 Å². The van der Waals surface area contributed by atoms with E-state index in [0.29, 0.717) is 17.9 Å². The van der Waals surface area contributed by atoms with Crippen LogP contribution in [-0.4, -0.2) is 24.3 Å². The van der Waals surface area contributed by atoms with E-state index in [1.807, 2.05) is 32.6 Å². The van der Waals surface area contributed by atoms with E-state index >= 15 is 0 Å². The molecule has 5 rings (SSSR count). The minimum Gasteiger partial charge on any atom is -0.482 e. The molecule has 0 aliphatic carbocycles. The second-order valence-electron chi connectivity index (χ2n) is 7.80. The first-order valence-corrected chi connectivity index (χ1v) is 10.2. The molecule has 0 radical (unpaired) electrons. The number of benzene rings is 1. The molecule has 0 amide bonds. The molecule has 7 nitrogen and oxygen atoms in total. The van der Waals surface area contributed by atoms with Gasteiger partial charge in [0.15, 0.2) is 11.6 Å². The summed E-state index contributed by atoms with van der Waals surface area (Å²) in [6.07, 6.45) is 5.88. The summed E-state index contributed by atoms with van der Waals surface area (Å²) in [7, 11) is 1.88. The van der Waals surface area contributed by atoms with E-state index in [1.54, 1.807) is 16.9 Å². The third kappa shape index (κ3) is 3.24. The molecule has 0 saturated carbocycles. The third-order valence-corrected chi connectivity index (χ3v) is 5.66. The lowest BCUT2D eigenvalue weighted by molar-refractivity contribution is 0.227. The summed E-state index contributed by atoms with van der Waals surface area (Å²) in [4.78, 5) is 8.98. The number of nitrogens with two attached hydrogens (primary N) is 1. The fraction of sp³-hybridized carbons (Fsp3) is 0.261. The van der Waals surface area contributed by atoms with Crippen molar-refractivity contribution in [2.45, 2.75) is 32.9 Å². The standard InChI is InChI=1S/C23H23FN6O/c1-4-19-22-14-7-20(23(25)26-9-14)31-13(2)18-8-16(24)5-6-17(18)21-15(10-29(3)28-21)11-30(22)12-27-19/h5-10,12-13H,4,11H2,1-3H3,(H2,25,26)/t13-/m1/s1. The lowest BCUT2D eigenvalue weighted by Gasteiger charge is -2.21. The van der Waals surface area contributed by atoms with Gasteiger partial charge in [0.25, 0.3) is 0 Å². The van der Waals surface area contributed by atoms with Crippen molar-refractivity contribution in [3.05, 3.63) is 65.6 Å². The van der Waals surface area contributed by atoms with Crippen LogP contribution >= 0.6 is 0 Å². The van der Waals surface area contributed by atoms with Crippen LogP contribution < -0.4 is 10.5 Å². The molecule has 8 heteroatoms. The number of halogens is 1. The molecular formula is C23H23FN6O. The van der Waals surface area contributed by atoms with Gasteiger partial charge in [-0.2, -0.15) is 5.10 Å². The summed E-state index contributed by atoms with van der Waals surface area (Å²) < 4.78 is 24.3. The van der Waals surface area contributed by atoms with Crippen LogP contribution in [0.5, 0.6) is 5.75 Å². The Morgan fingerprint density at radius 2 is 2.10 bits per heavy atom. The van der Waals surface area contributed by atoms with Gasteiger partial charge in [0.05, 0.1) is 30.0 Å². The molecule has 0 unspecified atom stereocenters. The molecule has 1 aliphatic rings. The second-order valence-corrected chi connectivity index (χ2v) is 7.80. The highest BCUT2D eigenvalue weighted by atomic mass is 19.1. The summed E-state index contributed by atoms with van der Waals surface area (Å²) in [5, 5.41) is 4.70. The Morgan fingerprint density at radius 1 is 1.26 bits per heavy atom. The Morgan fingerprint density at radius 3 is 2.90 bits per heavy atom. The van der Waals surface area contributed by atoms with Crippen molar-refractivity contribution in [3.8, 4) is 28.3 Å². The van der Waals surface area contributed by atoms with Gasteiger partial charge in [-0.3, -0.25) is 4.68 Å². The lowest BCUT2D eigenvalue weighted by atomic mass is 9.97. The number of nitrogens with zero attached hydrogens (tertiary/aromatic N) is 5. The van der Waals surface area contributed by atoms with Crippen LogP contribution in [0, 0.1) is 5.82 Å². The van der Waals surface area contributed by atoms with Crippen LogP contribution in [-0.2, 0) is 20.0 Å². The van der Waals surface area contributed by atoms with Crippen LogP contribution in [0.15, 0.2) is 43.0 Å². The fourth-order valence-electron chi connectivity index (χ4n) is 4.22. The summed E-state index contributed by atoms with van der Waals surface area (Å²) in [6.45, 7) is 4.52. The molecular weight excluding hydrogens is 395 g/mol. The molecule has 31 heavy (non-hydrogen) atoms. The molecule has 2 bridgehead atoms. The fourth-order valence-corrected chi connectivity index (χ4v) is 4.22. The highest BCUT2D eigenvalue weighted by Crippen LogP contribution is 2.37. The van der Waals surface area contributed by atoms with E-state index in [9.17, 15) is 4.39 Å². The van der Waals surface area contributed by atoms with E-state index in [0.717, 1.165) is 40.2 Å². The molecule has 0 fully saturated rings. The van der Waals surface area contributed by atoms with E-state index < -0.39 is 6.10 Å². The maximum absolute atomic E-state index is 14.2. The van der Waals surface area contributed by atoms with Crippen molar-refractivity contribution in [1.29, 1.82) is 0 Å². The number of rotatable bonds is 1. The third-order valence-electron chi connectivity index (χ3n) is 5.66. The highest BCUT2D eigenvalue weighted by Gasteiger charge is 2.23. The van der Waals surface area contributed by atoms with E-state index in [1.165, 1.54) is 12.1 Å². The number of nitrogen functional groups attached to an aromatic ring is 1. The average Bonchev–Trinajstić information content (AvgIpc) is 3.32. The zero-order valence-corrected chi connectivity index (χ0v) is 17.6. The number of hydrogen-bond acceptors (Lipinski definition) is 5. The van der Waals surface area contributed by atoms with Gasteiger partial charge in [-0.05, 0) is 37.6 Å². The van der Waals surface area contributed by atoms with E-state index in [2.05, 4.69) is 21.5 Å². The number of aromatic nitrogens is 5. The number of imidazole rings is 1. The van der Waals surface area contributed by atoms with Crippen molar-refractivity contribution < 1.29 is 9.13 Å². The number of aryl methyl sites for hydroxylation is 2. The van der Waals surface area contributed by atoms with Gasteiger partial charge >= 0.3 is 0 Å². The molecule has 1 aromatic carbocycles. The summed E-state index contributed by atoms with van der Waals surface area (Å²) in [5.41, 5.74) is 12.3. The van der Waals surface area contributed by atoms with Crippen LogP contribution in [0.1, 0.15) is 36.8 Å². The molecule has 0 saturated heterocycles. The van der Waals surface area contributed by atoms with Crippen molar-refractivity contribution in [2.24, 2.45) is 7.05 Å². The zero-order valence-electron chi connectivity index (χ0n) is 17.6. The van der Waals surface area contributed by atoms with E-state index in [4.69, 9.17) is 15.6 Å². The van der Waals surface area contributed by atoms with Gasteiger partial charge in [-0.1, -0.05) is 6.92 Å². The van der Waals surface area contributed by atoms with Crippen LogP contribution in [0.2, 0.25) is 0 Å². The Bertz CT molecular complexity index is 1290. The Hall–Kier alpha value is -3.68. The molecule has 1 aliphatic heterocycles. The number of fused-ring (bicyclic) bond motifs is 7. The maximum Gasteiger partial charge on any atom is 0.166 e. The van der Waals surface area contributed by atoms with Gasteiger partial charge in [-0.15, -0.1) is 0 Å². The first-order chi connectivity index (χ1) is 14.9. The minimum absolute atomic E-state index is 0.285. The first kappa shape index (κ1) is 19.3. The Kier molecular flexibility index (Phi) is 4.50. The van der Waals surface area contributed by atoms with Crippen LogP contribution in [0.3, 0.4) is 0 Å². The summed E-state index contributed by atoms with van der Waals surface area (Å²) in [5.74, 6) is 0.410. The number of pyridine rings is 1. The number of anilines is 1. The minimum atomic E-state index is -0.463. The Labute approximate surface area is 179 Å². The average molecular weight is 418 g/mol. The van der Waals surface area contributed by atoms with Gasteiger partial charge in [-0.25, -0.2) is 14.4 Å². The SMILES string of the molecule is CCc1ncn2c1-c1cnc(N)c(c1)O[C@H](C)c1cc(F)ccc1-c1nn(C)cc1C2. The second kappa shape index (κ2) is 7.23. The smallest absolute Gasteiger partial charge is 0.166 e.